The summed E-state index contributed by atoms with van der Waals surface area (Å²) in [5.74, 6) is 0. The predicted molar refractivity (Wildman–Crippen MR) is 73.7 cm³/mol. The van der Waals surface area contributed by atoms with Gasteiger partial charge in [-0.2, -0.15) is 0 Å². The quantitative estimate of drug-likeness (QED) is 0.920. The highest BCUT2D eigenvalue weighted by Gasteiger charge is 2.32. The van der Waals surface area contributed by atoms with E-state index in [4.69, 9.17) is 0 Å². The molecule has 0 amide bonds. The molecular weight excluding hydrogens is 248 g/mol. The van der Waals surface area contributed by atoms with Crippen LogP contribution in [0.2, 0.25) is 0 Å². The van der Waals surface area contributed by atoms with Gasteiger partial charge in [-0.25, -0.2) is 4.98 Å². The molecule has 0 spiro atoms. The van der Waals surface area contributed by atoms with E-state index in [2.05, 4.69) is 34.6 Å². The van der Waals surface area contributed by atoms with Gasteiger partial charge in [0.1, 0.15) is 4.34 Å². The first-order valence-corrected chi connectivity index (χ1v) is 7.45. The van der Waals surface area contributed by atoms with Crippen LogP contribution in [0.3, 0.4) is 0 Å². The lowest BCUT2D eigenvalue weighted by Gasteiger charge is -2.18. The molecular formula is C13H14N2S2. The van der Waals surface area contributed by atoms with Crippen LogP contribution in [0, 0.1) is 0 Å². The van der Waals surface area contributed by atoms with E-state index in [-0.39, 0.29) is 0 Å². The van der Waals surface area contributed by atoms with Crippen molar-refractivity contribution in [2.45, 2.75) is 22.1 Å². The van der Waals surface area contributed by atoms with E-state index >= 15 is 0 Å². The highest BCUT2D eigenvalue weighted by molar-refractivity contribution is 8.01. The zero-order chi connectivity index (χ0) is 11.7. The first kappa shape index (κ1) is 11.3. The van der Waals surface area contributed by atoms with Crippen molar-refractivity contribution in [3.63, 3.8) is 0 Å². The fourth-order valence-corrected chi connectivity index (χ4v) is 4.59. The number of hydrogen-bond acceptors (Lipinski definition) is 4. The van der Waals surface area contributed by atoms with Gasteiger partial charge < -0.3 is 5.32 Å². The molecule has 4 heteroatoms. The summed E-state index contributed by atoms with van der Waals surface area (Å²) < 4.78 is 1.17. The van der Waals surface area contributed by atoms with Gasteiger partial charge in [0.15, 0.2) is 0 Å². The van der Waals surface area contributed by atoms with Gasteiger partial charge in [-0.1, -0.05) is 36.0 Å². The molecule has 88 valence electrons. The third-order valence-corrected chi connectivity index (χ3v) is 5.35. The van der Waals surface area contributed by atoms with E-state index in [1.165, 1.54) is 15.5 Å². The molecule has 0 bridgehead atoms. The van der Waals surface area contributed by atoms with Crippen LogP contribution < -0.4 is 5.32 Å². The molecule has 3 rings (SSSR count). The van der Waals surface area contributed by atoms with E-state index in [1.807, 2.05) is 30.4 Å². The summed E-state index contributed by atoms with van der Waals surface area (Å²) in [6.07, 6.45) is 3.01. The average Bonchev–Trinajstić information content (AvgIpc) is 2.96. The smallest absolute Gasteiger partial charge is 0.150 e. The first-order chi connectivity index (χ1) is 8.38. The molecule has 1 heterocycles. The standard InChI is InChI=1S/C13H14N2S2/c1-14-12-10-5-3-2-4-9(10)8-11(12)17-13-15-6-7-16-13/h2-7,11-12,14H,8H2,1H3. The summed E-state index contributed by atoms with van der Waals surface area (Å²) in [6, 6.07) is 9.17. The van der Waals surface area contributed by atoms with Crippen LogP contribution in [0.15, 0.2) is 40.2 Å². The summed E-state index contributed by atoms with van der Waals surface area (Å²) in [4.78, 5) is 4.36. The van der Waals surface area contributed by atoms with E-state index < -0.39 is 0 Å². The van der Waals surface area contributed by atoms with Crippen molar-refractivity contribution in [3.05, 3.63) is 47.0 Å². The van der Waals surface area contributed by atoms with Crippen LogP contribution in [0.25, 0.3) is 0 Å². The Bertz CT molecular complexity index is 494. The normalized spacial score (nSPS) is 22.6. The molecule has 1 aromatic heterocycles. The number of thioether (sulfide) groups is 1. The Morgan fingerprint density at radius 2 is 2.29 bits per heavy atom. The molecule has 2 atom stereocenters. The van der Waals surface area contributed by atoms with Crippen molar-refractivity contribution in [1.82, 2.24) is 10.3 Å². The maximum Gasteiger partial charge on any atom is 0.150 e. The molecule has 0 aliphatic heterocycles. The van der Waals surface area contributed by atoms with Gasteiger partial charge in [0.2, 0.25) is 0 Å². The number of nitrogens with zero attached hydrogens (tertiary/aromatic N) is 1. The van der Waals surface area contributed by atoms with Crippen LogP contribution in [0.4, 0.5) is 0 Å². The van der Waals surface area contributed by atoms with Crippen molar-refractivity contribution in [1.29, 1.82) is 0 Å². The van der Waals surface area contributed by atoms with Gasteiger partial charge in [0.25, 0.3) is 0 Å². The summed E-state index contributed by atoms with van der Waals surface area (Å²) in [5.41, 5.74) is 2.92. The van der Waals surface area contributed by atoms with Crippen molar-refractivity contribution in [2.75, 3.05) is 7.05 Å². The van der Waals surface area contributed by atoms with E-state index in [0.29, 0.717) is 11.3 Å². The Morgan fingerprint density at radius 1 is 1.41 bits per heavy atom. The minimum atomic E-state index is 0.445. The number of rotatable bonds is 3. The van der Waals surface area contributed by atoms with Gasteiger partial charge in [-0.3, -0.25) is 0 Å². The molecule has 17 heavy (non-hydrogen) atoms. The second-order valence-corrected chi connectivity index (χ2v) is 6.50. The lowest BCUT2D eigenvalue weighted by atomic mass is 10.1. The van der Waals surface area contributed by atoms with E-state index in [9.17, 15) is 0 Å². The van der Waals surface area contributed by atoms with Crippen LogP contribution in [0.1, 0.15) is 17.2 Å². The van der Waals surface area contributed by atoms with Crippen LogP contribution in [-0.2, 0) is 6.42 Å². The number of benzene rings is 1. The largest absolute Gasteiger partial charge is 0.312 e. The second kappa shape index (κ2) is 4.80. The fraction of sp³-hybridized carbons (Fsp3) is 0.308. The Morgan fingerprint density at radius 3 is 3.06 bits per heavy atom. The van der Waals surface area contributed by atoms with Gasteiger partial charge >= 0.3 is 0 Å². The molecule has 1 N–H and O–H groups in total. The van der Waals surface area contributed by atoms with Crippen molar-refractivity contribution in [3.8, 4) is 0 Å². The lowest BCUT2D eigenvalue weighted by Crippen LogP contribution is -2.23. The van der Waals surface area contributed by atoms with Crippen LogP contribution in [0.5, 0.6) is 0 Å². The summed E-state index contributed by atoms with van der Waals surface area (Å²) >= 11 is 3.62. The molecule has 1 aromatic carbocycles. The minimum absolute atomic E-state index is 0.445. The SMILES string of the molecule is CNC1c2ccccc2CC1Sc1nccs1. The Labute approximate surface area is 109 Å². The third-order valence-electron chi connectivity index (χ3n) is 3.16. The zero-order valence-electron chi connectivity index (χ0n) is 9.59. The summed E-state index contributed by atoms with van der Waals surface area (Å²) in [6.45, 7) is 0. The Hall–Kier alpha value is -0.840. The molecule has 1 aliphatic rings. The van der Waals surface area contributed by atoms with Crippen molar-refractivity contribution < 1.29 is 0 Å². The fourth-order valence-electron chi connectivity index (χ4n) is 2.41. The maximum absolute atomic E-state index is 4.36. The highest BCUT2D eigenvalue weighted by Crippen LogP contribution is 2.41. The molecule has 2 nitrogen and oxygen atoms in total. The van der Waals surface area contributed by atoms with Gasteiger partial charge in [-0.05, 0) is 24.6 Å². The Kier molecular flexibility index (Phi) is 3.18. The molecule has 0 fully saturated rings. The highest BCUT2D eigenvalue weighted by atomic mass is 32.2. The van der Waals surface area contributed by atoms with Gasteiger partial charge in [0.05, 0.1) is 0 Å². The van der Waals surface area contributed by atoms with Crippen LogP contribution in [-0.4, -0.2) is 17.3 Å². The zero-order valence-corrected chi connectivity index (χ0v) is 11.2. The molecule has 0 saturated heterocycles. The van der Waals surface area contributed by atoms with Crippen molar-refractivity contribution >= 4 is 23.1 Å². The molecule has 2 unspecified atom stereocenters. The number of thiazole rings is 1. The monoisotopic (exact) mass is 262 g/mol. The molecule has 0 saturated carbocycles. The second-order valence-electron chi connectivity index (χ2n) is 4.12. The number of aromatic nitrogens is 1. The third kappa shape index (κ3) is 2.12. The number of hydrogen-bond donors (Lipinski definition) is 1. The molecule has 2 aromatic rings. The number of fused-ring (bicyclic) bond motifs is 1. The average molecular weight is 262 g/mol. The van der Waals surface area contributed by atoms with E-state index in [0.717, 1.165) is 6.42 Å². The molecule has 0 radical (unpaired) electrons. The lowest BCUT2D eigenvalue weighted by molar-refractivity contribution is 0.603. The summed E-state index contributed by atoms with van der Waals surface area (Å²) in [7, 11) is 2.04. The minimum Gasteiger partial charge on any atom is -0.312 e. The number of nitrogens with one attached hydrogen (secondary N) is 1. The predicted octanol–water partition coefficient (Wildman–Crippen LogP) is 3.12. The first-order valence-electron chi connectivity index (χ1n) is 5.69. The Balaban J connectivity index is 1.84. The van der Waals surface area contributed by atoms with E-state index in [1.54, 1.807) is 11.3 Å². The molecule has 1 aliphatic carbocycles. The van der Waals surface area contributed by atoms with Gasteiger partial charge in [0, 0.05) is 22.9 Å². The topological polar surface area (TPSA) is 24.9 Å². The maximum atomic E-state index is 4.36. The van der Waals surface area contributed by atoms with Crippen LogP contribution >= 0.6 is 23.1 Å². The van der Waals surface area contributed by atoms with Gasteiger partial charge in [-0.15, -0.1) is 11.3 Å². The summed E-state index contributed by atoms with van der Waals surface area (Å²) in [5, 5.41) is 6.04. The van der Waals surface area contributed by atoms with Crippen molar-refractivity contribution in [2.24, 2.45) is 0 Å².